The van der Waals surface area contributed by atoms with E-state index in [-0.39, 0.29) is 10.8 Å². The van der Waals surface area contributed by atoms with E-state index in [0.29, 0.717) is 19.1 Å². The Kier molecular flexibility index (Phi) is 4.56. The molecule has 1 atom stereocenters. The molecule has 0 aliphatic carbocycles. The SMILES string of the molecule is CN1CCN(Cc2cccc(F)c2Cl)C(CN)C1. The number of halogens is 2. The van der Waals surface area contributed by atoms with Gasteiger partial charge in [-0.3, -0.25) is 4.90 Å². The molecule has 2 rings (SSSR count). The second-order valence-corrected chi connectivity index (χ2v) is 5.21. The lowest BCUT2D eigenvalue weighted by Gasteiger charge is -2.39. The second kappa shape index (κ2) is 5.97. The Morgan fingerprint density at radius 3 is 2.94 bits per heavy atom. The molecule has 0 saturated carbocycles. The van der Waals surface area contributed by atoms with Gasteiger partial charge in [-0.15, -0.1) is 0 Å². The Morgan fingerprint density at radius 1 is 1.44 bits per heavy atom. The fourth-order valence-corrected chi connectivity index (χ4v) is 2.56. The molecule has 0 amide bonds. The van der Waals surface area contributed by atoms with Gasteiger partial charge in [0.2, 0.25) is 0 Å². The molecule has 1 aliphatic heterocycles. The zero-order chi connectivity index (χ0) is 13.1. The lowest BCUT2D eigenvalue weighted by Crippen LogP contribution is -2.54. The summed E-state index contributed by atoms with van der Waals surface area (Å²) in [6, 6.07) is 5.26. The molecule has 100 valence electrons. The van der Waals surface area contributed by atoms with Crippen LogP contribution in [0.15, 0.2) is 18.2 Å². The number of nitrogens with two attached hydrogens (primary N) is 1. The smallest absolute Gasteiger partial charge is 0.142 e. The summed E-state index contributed by atoms with van der Waals surface area (Å²) in [5.41, 5.74) is 6.64. The van der Waals surface area contributed by atoms with Crippen molar-refractivity contribution in [3.8, 4) is 0 Å². The molecule has 1 aliphatic rings. The molecule has 1 aromatic rings. The van der Waals surface area contributed by atoms with Crippen molar-refractivity contribution in [1.29, 1.82) is 0 Å². The first-order valence-electron chi connectivity index (χ1n) is 6.17. The van der Waals surface area contributed by atoms with Crippen molar-refractivity contribution in [3.63, 3.8) is 0 Å². The summed E-state index contributed by atoms with van der Waals surface area (Å²) in [6.45, 7) is 4.15. The van der Waals surface area contributed by atoms with Gasteiger partial charge in [0.15, 0.2) is 0 Å². The molecule has 3 nitrogen and oxygen atoms in total. The van der Waals surface area contributed by atoms with Gasteiger partial charge in [-0.2, -0.15) is 0 Å². The van der Waals surface area contributed by atoms with Crippen LogP contribution < -0.4 is 5.73 Å². The van der Waals surface area contributed by atoms with Crippen LogP contribution in [-0.4, -0.2) is 49.1 Å². The van der Waals surface area contributed by atoms with Crippen LogP contribution >= 0.6 is 11.6 Å². The minimum Gasteiger partial charge on any atom is -0.329 e. The standard InChI is InChI=1S/C13H19ClFN3/c1-17-5-6-18(11(7-16)9-17)8-10-3-2-4-12(15)13(10)14/h2-4,11H,5-9,16H2,1H3. The van der Waals surface area contributed by atoms with Gasteiger partial charge in [0.25, 0.3) is 0 Å². The van der Waals surface area contributed by atoms with Gasteiger partial charge in [0.1, 0.15) is 5.82 Å². The van der Waals surface area contributed by atoms with Crippen LogP contribution in [0, 0.1) is 5.82 Å². The summed E-state index contributed by atoms with van der Waals surface area (Å²) in [6.07, 6.45) is 0. The molecule has 0 aromatic heterocycles. The molecule has 1 unspecified atom stereocenters. The topological polar surface area (TPSA) is 32.5 Å². The maximum absolute atomic E-state index is 13.4. The third kappa shape index (κ3) is 3.01. The van der Waals surface area contributed by atoms with Crippen molar-refractivity contribution >= 4 is 11.6 Å². The van der Waals surface area contributed by atoms with Crippen LogP contribution in [0.3, 0.4) is 0 Å². The summed E-state index contributed by atoms with van der Waals surface area (Å²) in [5, 5.41) is 0.229. The number of hydrogen-bond donors (Lipinski definition) is 1. The van der Waals surface area contributed by atoms with Gasteiger partial charge in [0, 0.05) is 38.8 Å². The molecule has 1 saturated heterocycles. The van der Waals surface area contributed by atoms with Crippen molar-refractivity contribution in [2.24, 2.45) is 5.73 Å². The molecule has 18 heavy (non-hydrogen) atoms. The number of likely N-dealkylation sites (N-methyl/N-ethyl adjacent to an activating group) is 1. The Balaban J connectivity index is 2.10. The minimum atomic E-state index is -0.354. The number of benzene rings is 1. The zero-order valence-electron chi connectivity index (χ0n) is 10.6. The van der Waals surface area contributed by atoms with Crippen molar-refractivity contribution in [2.75, 3.05) is 33.2 Å². The summed E-state index contributed by atoms with van der Waals surface area (Å²) in [7, 11) is 2.09. The van der Waals surface area contributed by atoms with Crippen molar-refractivity contribution in [2.45, 2.75) is 12.6 Å². The largest absolute Gasteiger partial charge is 0.329 e. The van der Waals surface area contributed by atoms with Crippen LogP contribution in [0.2, 0.25) is 5.02 Å². The van der Waals surface area contributed by atoms with Crippen LogP contribution in [0.4, 0.5) is 4.39 Å². The maximum Gasteiger partial charge on any atom is 0.142 e. The lowest BCUT2D eigenvalue weighted by atomic mass is 10.1. The molecule has 1 aromatic carbocycles. The second-order valence-electron chi connectivity index (χ2n) is 4.84. The number of nitrogens with zero attached hydrogens (tertiary/aromatic N) is 2. The fourth-order valence-electron chi connectivity index (χ4n) is 2.37. The summed E-state index contributed by atoms with van der Waals surface area (Å²) < 4.78 is 13.4. The van der Waals surface area contributed by atoms with Crippen LogP contribution in [-0.2, 0) is 6.54 Å². The number of piperazine rings is 1. The van der Waals surface area contributed by atoms with Gasteiger partial charge in [-0.1, -0.05) is 23.7 Å². The maximum atomic E-state index is 13.4. The monoisotopic (exact) mass is 271 g/mol. The third-order valence-electron chi connectivity index (χ3n) is 3.48. The summed E-state index contributed by atoms with van der Waals surface area (Å²) >= 11 is 5.99. The van der Waals surface area contributed by atoms with E-state index in [1.54, 1.807) is 6.07 Å². The number of hydrogen-bond acceptors (Lipinski definition) is 3. The Morgan fingerprint density at radius 2 is 2.22 bits per heavy atom. The Labute approximate surface area is 112 Å². The van der Waals surface area contributed by atoms with Crippen LogP contribution in [0.5, 0.6) is 0 Å². The van der Waals surface area contributed by atoms with Gasteiger partial charge < -0.3 is 10.6 Å². The summed E-state index contributed by atoms with van der Waals surface area (Å²) in [5.74, 6) is -0.354. The molecule has 0 spiro atoms. The lowest BCUT2D eigenvalue weighted by molar-refractivity contribution is 0.0880. The Bertz CT molecular complexity index is 413. The van der Waals surface area contributed by atoms with Gasteiger partial charge in [0.05, 0.1) is 5.02 Å². The van der Waals surface area contributed by atoms with E-state index in [9.17, 15) is 4.39 Å². The quantitative estimate of drug-likeness (QED) is 0.906. The first-order valence-corrected chi connectivity index (χ1v) is 6.55. The molecular formula is C13H19ClFN3. The highest BCUT2D eigenvalue weighted by Crippen LogP contribution is 2.22. The van der Waals surface area contributed by atoms with Gasteiger partial charge in [-0.25, -0.2) is 4.39 Å². The molecule has 1 fully saturated rings. The number of rotatable bonds is 3. The molecular weight excluding hydrogens is 253 g/mol. The molecule has 2 N–H and O–H groups in total. The molecule has 1 heterocycles. The highest BCUT2D eigenvalue weighted by molar-refractivity contribution is 6.31. The minimum absolute atomic E-state index is 0.229. The first-order chi connectivity index (χ1) is 8.61. The highest BCUT2D eigenvalue weighted by atomic mass is 35.5. The van der Waals surface area contributed by atoms with Crippen LogP contribution in [0.25, 0.3) is 0 Å². The normalized spacial score (nSPS) is 22.3. The van der Waals surface area contributed by atoms with Gasteiger partial charge in [-0.05, 0) is 18.7 Å². The van der Waals surface area contributed by atoms with Gasteiger partial charge >= 0.3 is 0 Å². The molecule has 0 radical (unpaired) electrons. The van der Waals surface area contributed by atoms with E-state index in [0.717, 1.165) is 25.2 Å². The van der Waals surface area contributed by atoms with E-state index < -0.39 is 0 Å². The predicted octanol–water partition coefficient (Wildman–Crippen LogP) is 1.55. The van der Waals surface area contributed by atoms with Crippen LogP contribution in [0.1, 0.15) is 5.56 Å². The molecule has 0 bridgehead atoms. The highest BCUT2D eigenvalue weighted by Gasteiger charge is 2.24. The van der Waals surface area contributed by atoms with Crippen molar-refractivity contribution in [1.82, 2.24) is 9.80 Å². The van der Waals surface area contributed by atoms with E-state index in [1.165, 1.54) is 6.07 Å². The van der Waals surface area contributed by atoms with E-state index in [2.05, 4.69) is 16.8 Å². The van der Waals surface area contributed by atoms with E-state index >= 15 is 0 Å². The van der Waals surface area contributed by atoms with E-state index in [4.69, 9.17) is 17.3 Å². The fraction of sp³-hybridized carbons (Fsp3) is 0.538. The average molecular weight is 272 g/mol. The van der Waals surface area contributed by atoms with E-state index in [1.807, 2.05) is 6.07 Å². The molecule has 5 heteroatoms. The predicted molar refractivity (Wildman–Crippen MR) is 72.2 cm³/mol. The zero-order valence-corrected chi connectivity index (χ0v) is 11.3. The summed E-state index contributed by atoms with van der Waals surface area (Å²) in [4.78, 5) is 4.54. The average Bonchev–Trinajstić information content (AvgIpc) is 2.37. The first kappa shape index (κ1) is 13.7. The third-order valence-corrected chi connectivity index (χ3v) is 3.91. The Hall–Kier alpha value is -0.680. The van der Waals surface area contributed by atoms with Crippen molar-refractivity contribution in [3.05, 3.63) is 34.6 Å². The van der Waals surface area contributed by atoms with Crippen molar-refractivity contribution < 1.29 is 4.39 Å².